The van der Waals surface area contributed by atoms with Gasteiger partial charge in [0.1, 0.15) is 35.1 Å². The Morgan fingerprint density at radius 1 is 0.895 bits per heavy atom. The van der Waals surface area contributed by atoms with Crippen molar-refractivity contribution in [2.45, 2.75) is 49.9 Å². The Morgan fingerprint density at radius 2 is 1.47 bits per heavy atom. The molecule has 0 radical (unpaired) electrons. The van der Waals surface area contributed by atoms with Crippen LogP contribution in [0.4, 0.5) is 9.59 Å². The lowest BCUT2D eigenvalue weighted by atomic mass is 10.0. The first-order valence-electron chi connectivity index (χ1n) is 18.3. The standard InChI is InChI=1S/C40H45N5O11S/c1-40(2,3)56-39(52)45(41-30(36(48)49)25-15-17-29(46)18-16-25)32-34(47)44-31(37(50)55-33(26-11-7-5-8-12-26)27-13-9-6-10-14-27)28(24-57(53)35(32)44)23-54-38(51)43-21-19-42(4)20-22-43/h5-18,30,32-33,35,41,46H,19-24H2,1-4H3,(H,48,49)/t30?,32?,35-,57?/m0/s1. The average molecular weight is 804 g/mol. The molecule has 0 aromatic heterocycles. The molecule has 3 aliphatic heterocycles. The molecule has 2 fully saturated rings. The molecule has 302 valence electrons. The van der Waals surface area contributed by atoms with E-state index in [1.54, 1.807) is 69.3 Å². The zero-order chi connectivity index (χ0) is 41.0. The second-order valence-corrected chi connectivity index (χ2v) is 16.3. The number of β-lactam (4-membered cyclic amide) rings is 1. The van der Waals surface area contributed by atoms with Gasteiger partial charge in [0.25, 0.3) is 5.91 Å². The molecule has 3 N–H and O–H groups in total. The molecule has 0 bridgehead atoms. The van der Waals surface area contributed by atoms with E-state index in [1.807, 2.05) is 19.2 Å². The number of hydrogen-bond acceptors (Lipinski definition) is 12. The van der Waals surface area contributed by atoms with Gasteiger partial charge in [0.15, 0.2) is 12.1 Å². The Morgan fingerprint density at radius 3 is 2.02 bits per heavy atom. The van der Waals surface area contributed by atoms with Crippen LogP contribution in [0.5, 0.6) is 5.75 Å². The topological polar surface area (TPSA) is 196 Å². The highest BCUT2D eigenvalue weighted by atomic mass is 32.2. The summed E-state index contributed by atoms with van der Waals surface area (Å²) in [5.41, 5.74) is 2.61. The number of amides is 3. The monoisotopic (exact) mass is 803 g/mol. The molecular formula is C40H45N5O11S. The van der Waals surface area contributed by atoms with Gasteiger partial charge in [-0.15, -0.1) is 0 Å². The minimum atomic E-state index is -2.03. The van der Waals surface area contributed by atoms with Gasteiger partial charge in [0.2, 0.25) is 0 Å². The lowest BCUT2D eigenvalue weighted by molar-refractivity contribution is -0.160. The number of likely N-dealkylation sites (N-methyl/N-ethyl adjacent to an activating group) is 1. The van der Waals surface area contributed by atoms with Gasteiger partial charge < -0.3 is 34.2 Å². The predicted molar refractivity (Wildman–Crippen MR) is 205 cm³/mol. The number of aromatic hydroxyl groups is 1. The average Bonchev–Trinajstić information content (AvgIpc) is 3.18. The van der Waals surface area contributed by atoms with Crippen LogP contribution in [0.25, 0.3) is 0 Å². The summed E-state index contributed by atoms with van der Waals surface area (Å²) in [6.07, 6.45) is -2.73. The fourth-order valence-electron chi connectivity index (χ4n) is 6.65. The summed E-state index contributed by atoms with van der Waals surface area (Å²) >= 11 is 0. The van der Waals surface area contributed by atoms with E-state index < -0.39 is 76.6 Å². The maximum Gasteiger partial charge on any atom is 0.425 e. The number of fused-ring (bicyclic) bond motifs is 1. The quantitative estimate of drug-likeness (QED) is 0.110. The van der Waals surface area contributed by atoms with Crippen LogP contribution in [-0.4, -0.2) is 127 Å². The van der Waals surface area contributed by atoms with E-state index in [9.17, 15) is 38.4 Å². The van der Waals surface area contributed by atoms with Gasteiger partial charge in [-0.05, 0) is 56.6 Å². The van der Waals surface area contributed by atoms with Crippen molar-refractivity contribution in [2.24, 2.45) is 0 Å². The Hall–Kier alpha value is -5.78. The molecule has 3 aromatic carbocycles. The first-order chi connectivity index (χ1) is 27.1. The van der Waals surface area contributed by atoms with Gasteiger partial charge in [-0.2, -0.15) is 0 Å². The number of aliphatic carboxylic acids is 1. The maximum atomic E-state index is 14.5. The molecule has 3 amide bonds. The highest BCUT2D eigenvalue weighted by Crippen LogP contribution is 2.40. The molecule has 4 atom stereocenters. The molecule has 16 nitrogen and oxygen atoms in total. The molecule has 3 heterocycles. The molecule has 2 saturated heterocycles. The third-order valence-corrected chi connectivity index (χ3v) is 11.2. The van der Waals surface area contributed by atoms with Crippen molar-refractivity contribution >= 4 is 40.8 Å². The number of nitrogens with one attached hydrogen (secondary N) is 1. The van der Waals surface area contributed by atoms with Crippen molar-refractivity contribution < 1.29 is 52.6 Å². The van der Waals surface area contributed by atoms with E-state index in [-0.39, 0.29) is 28.3 Å². The molecule has 6 rings (SSSR count). The number of nitrogens with zero attached hydrogens (tertiary/aromatic N) is 4. The Kier molecular flexibility index (Phi) is 12.3. The fourth-order valence-corrected chi connectivity index (χ4v) is 8.35. The van der Waals surface area contributed by atoms with Crippen LogP contribution in [0.1, 0.15) is 49.6 Å². The van der Waals surface area contributed by atoms with E-state index in [4.69, 9.17) is 14.2 Å². The molecule has 3 unspecified atom stereocenters. The lowest BCUT2D eigenvalue weighted by Crippen LogP contribution is -2.76. The molecule has 3 aromatic rings. The minimum absolute atomic E-state index is 0.0630. The Balaban J connectivity index is 1.37. The molecule has 0 aliphatic carbocycles. The highest BCUT2D eigenvalue weighted by molar-refractivity contribution is 7.86. The van der Waals surface area contributed by atoms with Crippen molar-refractivity contribution in [3.05, 3.63) is 113 Å². The zero-order valence-corrected chi connectivity index (χ0v) is 32.7. The summed E-state index contributed by atoms with van der Waals surface area (Å²) in [4.78, 5) is 73.1. The van der Waals surface area contributed by atoms with Gasteiger partial charge in [0, 0.05) is 31.8 Å². The van der Waals surface area contributed by atoms with Crippen LogP contribution in [0, 0.1) is 0 Å². The van der Waals surface area contributed by atoms with E-state index in [1.165, 1.54) is 29.2 Å². The molecular weight excluding hydrogens is 759 g/mol. The first-order valence-corrected chi connectivity index (χ1v) is 19.6. The second kappa shape index (κ2) is 17.2. The molecule has 0 saturated carbocycles. The number of carbonyl (C=O) groups is 5. The summed E-state index contributed by atoms with van der Waals surface area (Å²) in [6.45, 7) is 6.32. The molecule has 57 heavy (non-hydrogen) atoms. The lowest BCUT2D eigenvalue weighted by Gasteiger charge is -2.52. The van der Waals surface area contributed by atoms with Crippen LogP contribution >= 0.6 is 0 Å². The second-order valence-electron chi connectivity index (χ2n) is 14.8. The van der Waals surface area contributed by atoms with Crippen molar-refractivity contribution in [3.8, 4) is 5.75 Å². The number of esters is 1. The Bertz CT molecular complexity index is 1990. The normalized spacial score (nSPS) is 20.3. The smallest absolute Gasteiger partial charge is 0.425 e. The van der Waals surface area contributed by atoms with Crippen LogP contribution in [-0.2, 0) is 39.4 Å². The number of hydrogen-bond donors (Lipinski definition) is 3. The summed E-state index contributed by atoms with van der Waals surface area (Å²) in [5.74, 6) is -3.80. The predicted octanol–water partition coefficient (Wildman–Crippen LogP) is 3.53. The summed E-state index contributed by atoms with van der Waals surface area (Å²) in [7, 11) is -0.0968. The zero-order valence-electron chi connectivity index (χ0n) is 31.9. The first kappa shape index (κ1) is 40.9. The van der Waals surface area contributed by atoms with Gasteiger partial charge >= 0.3 is 24.1 Å². The van der Waals surface area contributed by atoms with Crippen LogP contribution in [0.15, 0.2) is 96.2 Å². The van der Waals surface area contributed by atoms with E-state index in [0.717, 1.165) is 4.90 Å². The SMILES string of the molecule is CN1CCN(C(=O)OCC2=C(C(=O)OC(c3ccccc3)c3ccccc3)N3C(=O)C(N(NC(C(=O)O)c4ccc(O)cc4)C(=O)OC(C)(C)C)[C@@H]3S(=O)C2)CC1. The van der Waals surface area contributed by atoms with Crippen LogP contribution in [0.3, 0.4) is 0 Å². The Labute approximate surface area is 332 Å². The van der Waals surface area contributed by atoms with Gasteiger partial charge in [-0.1, -0.05) is 72.8 Å². The maximum absolute atomic E-state index is 14.5. The number of rotatable bonds is 11. The van der Waals surface area contributed by atoms with Crippen LogP contribution < -0.4 is 5.43 Å². The number of hydrazine groups is 1. The summed E-state index contributed by atoms with van der Waals surface area (Å²) in [6, 6.07) is 19.8. The van der Waals surface area contributed by atoms with Gasteiger partial charge in [-0.25, -0.2) is 24.8 Å². The number of carboxylic acid groups (broad SMARTS) is 1. The summed E-state index contributed by atoms with van der Waals surface area (Å²) < 4.78 is 31.6. The van der Waals surface area contributed by atoms with E-state index in [2.05, 4.69) is 10.3 Å². The molecule has 0 spiro atoms. The van der Waals surface area contributed by atoms with Crippen molar-refractivity contribution in [1.29, 1.82) is 0 Å². The number of phenolic OH excluding ortho intramolecular Hbond substituents is 1. The van der Waals surface area contributed by atoms with E-state index >= 15 is 0 Å². The van der Waals surface area contributed by atoms with Crippen molar-refractivity contribution in [1.82, 2.24) is 25.1 Å². The fraction of sp³-hybridized carbons (Fsp3) is 0.375. The number of phenols is 1. The number of piperazine rings is 1. The third kappa shape index (κ3) is 9.27. The number of ether oxygens (including phenoxy) is 3. The largest absolute Gasteiger partial charge is 0.508 e. The van der Waals surface area contributed by atoms with Crippen molar-refractivity contribution in [3.63, 3.8) is 0 Å². The van der Waals surface area contributed by atoms with Gasteiger partial charge in [-0.3, -0.25) is 18.7 Å². The number of carboxylic acids is 1. The minimum Gasteiger partial charge on any atom is -0.508 e. The number of benzene rings is 3. The summed E-state index contributed by atoms with van der Waals surface area (Å²) in [5, 5.41) is 19.4. The van der Waals surface area contributed by atoms with Crippen LogP contribution in [0.2, 0.25) is 0 Å². The third-order valence-electron chi connectivity index (χ3n) is 9.54. The van der Waals surface area contributed by atoms with E-state index in [0.29, 0.717) is 42.3 Å². The van der Waals surface area contributed by atoms with Gasteiger partial charge in [0.05, 0.1) is 16.6 Å². The van der Waals surface area contributed by atoms with Crippen molar-refractivity contribution in [2.75, 3.05) is 45.6 Å². The molecule has 3 aliphatic rings. The highest BCUT2D eigenvalue weighted by Gasteiger charge is 2.61. The molecule has 17 heteroatoms. The number of carbonyl (C=O) groups excluding carboxylic acids is 4.